The summed E-state index contributed by atoms with van der Waals surface area (Å²) in [5.41, 5.74) is 2.35. The maximum atomic E-state index is 11.7. The lowest BCUT2D eigenvalue weighted by Crippen LogP contribution is -2.22. The first-order valence-electron chi connectivity index (χ1n) is 5.63. The summed E-state index contributed by atoms with van der Waals surface area (Å²) in [7, 11) is 1.39. The summed E-state index contributed by atoms with van der Waals surface area (Å²) in [6, 6.07) is 7.52. The third-order valence-electron chi connectivity index (χ3n) is 2.92. The monoisotopic (exact) mass is 263 g/mol. The van der Waals surface area contributed by atoms with Crippen molar-refractivity contribution in [1.29, 1.82) is 0 Å². The first-order chi connectivity index (χ1) is 8.65. The van der Waals surface area contributed by atoms with Gasteiger partial charge in [-0.2, -0.15) is 0 Å². The number of carbonyl (C=O) groups is 1. The largest absolute Gasteiger partial charge is 0.466 e. The Morgan fingerprint density at radius 3 is 2.78 bits per heavy atom. The zero-order valence-electron chi connectivity index (χ0n) is 10.3. The van der Waals surface area contributed by atoms with Crippen molar-refractivity contribution in [3.8, 4) is 0 Å². The van der Waals surface area contributed by atoms with Crippen LogP contribution in [0.5, 0.6) is 0 Å². The van der Waals surface area contributed by atoms with Gasteiger partial charge in [0.25, 0.3) is 0 Å². The Balaban J connectivity index is 2.43. The fourth-order valence-electron chi connectivity index (χ4n) is 1.94. The topological polar surface area (TPSA) is 29.5 Å². The summed E-state index contributed by atoms with van der Waals surface area (Å²) >= 11 is 6.17. The molecule has 1 aromatic rings. The third kappa shape index (κ3) is 2.27. The second kappa shape index (κ2) is 5.27. The van der Waals surface area contributed by atoms with Crippen LogP contribution in [0.2, 0.25) is 5.02 Å². The molecular weight excluding hydrogens is 250 g/mol. The Morgan fingerprint density at radius 2 is 2.11 bits per heavy atom. The van der Waals surface area contributed by atoms with Crippen LogP contribution in [0.1, 0.15) is 13.3 Å². The summed E-state index contributed by atoms with van der Waals surface area (Å²) in [5.74, 6) is -0.297. The lowest BCUT2D eigenvalue weighted by atomic mass is 10.1. The minimum Gasteiger partial charge on any atom is -0.466 e. The van der Waals surface area contributed by atoms with Crippen molar-refractivity contribution >= 4 is 23.3 Å². The Bertz CT molecular complexity index is 534. The van der Waals surface area contributed by atoms with Crippen LogP contribution in [0.25, 0.3) is 0 Å². The van der Waals surface area contributed by atoms with Crippen molar-refractivity contribution in [3.63, 3.8) is 0 Å². The van der Waals surface area contributed by atoms with Crippen molar-refractivity contribution in [2.45, 2.75) is 13.3 Å². The van der Waals surface area contributed by atoms with Gasteiger partial charge in [0, 0.05) is 18.3 Å². The highest BCUT2D eigenvalue weighted by Gasteiger charge is 2.21. The van der Waals surface area contributed by atoms with Crippen LogP contribution < -0.4 is 4.90 Å². The van der Waals surface area contributed by atoms with Crippen molar-refractivity contribution in [2.75, 3.05) is 12.0 Å². The number of anilines is 1. The van der Waals surface area contributed by atoms with E-state index in [2.05, 4.69) is 0 Å². The van der Waals surface area contributed by atoms with E-state index in [1.165, 1.54) is 7.11 Å². The minimum absolute atomic E-state index is 0.297. The fourth-order valence-corrected chi connectivity index (χ4v) is 2.17. The normalized spacial score (nSPS) is 14.9. The molecule has 0 aliphatic carbocycles. The predicted molar refractivity (Wildman–Crippen MR) is 72.4 cm³/mol. The number of ether oxygens (including phenoxy) is 1. The molecule has 4 heteroatoms. The number of carbonyl (C=O) groups excluding carboxylic acids is 1. The molecule has 0 spiro atoms. The van der Waals surface area contributed by atoms with Crippen molar-refractivity contribution in [2.24, 2.45) is 0 Å². The van der Waals surface area contributed by atoms with Gasteiger partial charge in [0.2, 0.25) is 0 Å². The lowest BCUT2D eigenvalue weighted by Gasteiger charge is -2.27. The zero-order chi connectivity index (χ0) is 13.1. The number of benzene rings is 1. The lowest BCUT2D eigenvalue weighted by molar-refractivity contribution is -0.136. The molecule has 0 N–H and O–H groups in total. The van der Waals surface area contributed by atoms with E-state index < -0.39 is 0 Å². The molecule has 0 radical (unpaired) electrons. The smallest absolute Gasteiger partial charge is 0.335 e. The highest BCUT2D eigenvalue weighted by molar-refractivity contribution is 6.33. The number of halogens is 1. The molecule has 3 nitrogen and oxygen atoms in total. The molecule has 1 aliphatic heterocycles. The Hall–Kier alpha value is -1.74. The van der Waals surface area contributed by atoms with E-state index >= 15 is 0 Å². The van der Waals surface area contributed by atoms with Crippen LogP contribution in [-0.2, 0) is 9.53 Å². The van der Waals surface area contributed by atoms with Crippen LogP contribution >= 0.6 is 11.6 Å². The van der Waals surface area contributed by atoms with Crippen LogP contribution in [0.15, 0.2) is 47.8 Å². The minimum atomic E-state index is -0.297. The molecule has 1 aliphatic rings. The van der Waals surface area contributed by atoms with E-state index in [1.54, 1.807) is 0 Å². The number of allylic oxidation sites excluding steroid dienone is 2. The Labute approximate surface area is 111 Å². The molecule has 94 valence electrons. The molecule has 1 aromatic carbocycles. The van der Waals surface area contributed by atoms with Gasteiger partial charge in [0.05, 0.1) is 23.4 Å². The average Bonchev–Trinajstić information content (AvgIpc) is 2.39. The molecule has 0 bridgehead atoms. The summed E-state index contributed by atoms with van der Waals surface area (Å²) < 4.78 is 4.78. The first kappa shape index (κ1) is 12.7. The van der Waals surface area contributed by atoms with E-state index in [0.29, 0.717) is 17.0 Å². The number of methoxy groups -OCH3 is 1. The predicted octanol–water partition coefficient (Wildman–Crippen LogP) is 3.51. The van der Waals surface area contributed by atoms with Gasteiger partial charge in [-0.05, 0) is 19.1 Å². The van der Waals surface area contributed by atoms with Crippen LogP contribution in [0.4, 0.5) is 5.69 Å². The van der Waals surface area contributed by atoms with Gasteiger partial charge in [0.15, 0.2) is 0 Å². The quantitative estimate of drug-likeness (QED) is 0.765. The maximum absolute atomic E-state index is 11.7. The zero-order valence-corrected chi connectivity index (χ0v) is 11.1. The summed E-state index contributed by atoms with van der Waals surface area (Å²) in [6.07, 6.45) is 4.42. The van der Waals surface area contributed by atoms with Gasteiger partial charge in [-0.1, -0.05) is 29.8 Å². The molecule has 0 saturated carbocycles. The van der Waals surface area contributed by atoms with E-state index in [1.807, 2.05) is 48.4 Å². The maximum Gasteiger partial charge on any atom is 0.335 e. The van der Waals surface area contributed by atoms with Crippen molar-refractivity contribution in [3.05, 3.63) is 52.8 Å². The number of nitrogens with zero attached hydrogens (tertiary/aromatic N) is 1. The second-order valence-electron chi connectivity index (χ2n) is 3.97. The van der Waals surface area contributed by atoms with Crippen LogP contribution in [-0.4, -0.2) is 13.1 Å². The average molecular weight is 264 g/mol. The molecular formula is C14H14ClNO2. The first-order valence-corrected chi connectivity index (χ1v) is 6.01. The molecule has 0 fully saturated rings. The fraction of sp³-hybridized carbons (Fsp3) is 0.214. The molecule has 0 amide bonds. The number of esters is 1. The Kier molecular flexibility index (Phi) is 3.72. The number of rotatable bonds is 2. The SMILES string of the molecule is COC(=O)C1=C(C)N(c2ccccc2Cl)C=CC1. The molecule has 2 rings (SSSR count). The number of hydrogen-bond acceptors (Lipinski definition) is 3. The summed E-state index contributed by atoms with van der Waals surface area (Å²) in [6.45, 7) is 1.89. The van der Waals surface area contributed by atoms with Gasteiger partial charge in [-0.25, -0.2) is 4.79 Å². The standard InChI is InChI=1S/C14H14ClNO2/c1-10-11(14(17)18-2)6-5-9-16(10)13-8-4-3-7-12(13)15/h3-5,7-9H,6H2,1-2H3. The second-order valence-corrected chi connectivity index (χ2v) is 4.37. The molecule has 0 saturated heterocycles. The van der Waals surface area contributed by atoms with E-state index in [4.69, 9.17) is 16.3 Å². The molecule has 18 heavy (non-hydrogen) atoms. The van der Waals surface area contributed by atoms with Crippen LogP contribution in [0.3, 0.4) is 0 Å². The van der Waals surface area contributed by atoms with Gasteiger partial charge in [0.1, 0.15) is 0 Å². The van der Waals surface area contributed by atoms with Crippen molar-refractivity contribution in [1.82, 2.24) is 0 Å². The van der Waals surface area contributed by atoms with Gasteiger partial charge < -0.3 is 9.64 Å². The Morgan fingerprint density at radius 1 is 1.39 bits per heavy atom. The van der Waals surface area contributed by atoms with E-state index in [-0.39, 0.29) is 5.97 Å². The summed E-state index contributed by atoms with van der Waals surface area (Å²) in [5, 5.41) is 0.646. The van der Waals surface area contributed by atoms with Gasteiger partial charge >= 0.3 is 5.97 Å². The highest BCUT2D eigenvalue weighted by Crippen LogP contribution is 2.32. The van der Waals surface area contributed by atoms with Gasteiger partial charge in [-0.15, -0.1) is 0 Å². The van der Waals surface area contributed by atoms with Crippen LogP contribution in [0, 0.1) is 0 Å². The highest BCUT2D eigenvalue weighted by atomic mass is 35.5. The van der Waals surface area contributed by atoms with Crippen molar-refractivity contribution < 1.29 is 9.53 Å². The molecule has 0 atom stereocenters. The number of hydrogen-bond donors (Lipinski definition) is 0. The number of para-hydroxylation sites is 1. The molecule has 1 heterocycles. The third-order valence-corrected chi connectivity index (χ3v) is 3.24. The molecule has 0 aromatic heterocycles. The summed E-state index contributed by atoms with van der Waals surface area (Å²) in [4.78, 5) is 13.6. The van der Waals surface area contributed by atoms with Gasteiger partial charge in [-0.3, -0.25) is 0 Å². The van der Waals surface area contributed by atoms with E-state index in [9.17, 15) is 4.79 Å². The van der Waals surface area contributed by atoms with E-state index in [0.717, 1.165) is 11.4 Å². The molecule has 0 unspecified atom stereocenters.